The normalized spacial score (nSPS) is 17.2. The molecule has 0 bridgehead atoms. The predicted molar refractivity (Wildman–Crippen MR) is 144 cm³/mol. The third kappa shape index (κ3) is 6.25. The molecule has 0 atom stereocenters. The van der Waals surface area contributed by atoms with Crippen LogP contribution in [-0.4, -0.2) is 49.6 Å². The molecule has 3 N–H and O–H groups in total. The maximum absolute atomic E-state index is 12.0. The quantitative estimate of drug-likeness (QED) is 0.353. The van der Waals surface area contributed by atoms with Gasteiger partial charge in [0.1, 0.15) is 5.82 Å². The van der Waals surface area contributed by atoms with Crippen molar-refractivity contribution in [2.24, 2.45) is 5.92 Å². The number of carbonyl (C=O) groups excluding carboxylic acids is 1. The van der Waals surface area contributed by atoms with E-state index in [1.54, 1.807) is 0 Å². The second-order valence-electron chi connectivity index (χ2n) is 10.8. The molecule has 3 aromatic rings. The van der Waals surface area contributed by atoms with Gasteiger partial charge in [0.2, 0.25) is 5.91 Å². The maximum atomic E-state index is 12.0. The van der Waals surface area contributed by atoms with Crippen LogP contribution >= 0.6 is 11.8 Å². The van der Waals surface area contributed by atoms with E-state index in [9.17, 15) is 4.79 Å². The highest BCUT2D eigenvalue weighted by Gasteiger charge is 2.30. The van der Waals surface area contributed by atoms with Gasteiger partial charge in [-0.1, -0.05) is 0 Å². The van der Waals surface area contributed by atoms with Gasteiger partial charge in [-0.05, 0) is 102 Å². The molecule has 1 aromatic carbocycles. The first-order valence-corrected chi connectivity index (χ1v) is 13.6. The lowest BCUT2D eigenvalue weighted by molar-refractivity contribution is -0.117. The highest BCUT2D eigenvalue weighted by molar-refractivity contribution is 7.99. The second-order valence-corrected chi connectivity index (χ2v) is 11.9. The summed E-state index contributed by atoms with van der Waals surface area (Å²) in [6, 6.07) is 11.9. The van der Waals surface area contributed by atoms with Crippen molar-refractivity contribution in [3.63, 3.8) is 0 Å². The Bertz CT molecular complexity index is 1210. The molecule has 9 heteroatoms. The van der Waals surface area contributed by atoms with Crippen LogP contribution in [0.3, 0.4) is 0 Å². The summed E-state index contributed by atoms with van der Waals surface area (Å²) in [6.07, 6.45) is 4.15. The van der Waals surface area contributed by atoms with E-state index in [1.165, 1.54) is 11.8 Å². The molecule has 1 aliphatic heterocycles. The van der Waals surface area contributed by atoms with Crippen LogP contribution in [0.1, 0.15) is 63.8 Å². The summed E-state index contributed by atoms with van der Waals surface area (Å²) in [6.45, 7) is 11.0. The molecule has 8 nitrogen and oxygen atoms in total. The molecule has 3 heterocycles. The van der Waals surface area contributed by atoms with Crippen molar-refractivity contribution in [1.82, 2.24) is 25.1 Å². The number of hydrogen-bond acceptors (Lipinski definition) is 7. The largest absolute Gasteiger partial charge is 0.326 e. The first-order chi connectivity index (χ1) is 17.2. The summed E-state index contributed by atoms with van der Waals surface area (Å²) < 4.78 is 0. The second kappa shape index (κ2) is 10.2. The number of aromatic amines is 1. The maximum Gasteiger partial charge on any atom is 0.227 e. The Hall–Kier alpha value is -2.91. The van der Waals surface area contributed by atoms with E-state index in [4.69, 9.17) is 9.97 Å². The molecule has 5 rings (SSSR count). The Morgan fingerprint density at radius 1 is 1.03 bits per heavy atom. The average Bonchev–Trinajstić information content (AvgIpc) is 3.62. The number of nitrogens with one attached hydrogen (secondary N) is 3. The summed E-state index contributed by atoms with van der Waals surface area (Å²) in [5, 5.41) is 14.3. The first kappa shape index (κ1) is 24.8. The minimum atomic E-state index is 0.119. The molecule has 0 unspecified atom stereocenters. The Labute approximate surface area is 217 Å². The molecule has 2 aromatic heterocycles. The van der Waals surface area contributed by atoms with Gasteiger partial charge in [0, 0.05) is 45.8 Å². The molecule has 1 saturated heterocycles. The van der Waals surface area contributed by atoms with E-state index in [1.807, 2.05) is 37.3 Å². The Kier molecular flexibility index (Phi) is 7.03. The molecule has 0 spiro atoms. The standard InChI is InChI=1S/C27H35N7OS/c1-17-15-24(33-32-17)30-23-16-22(18-11-13-34(14-12-18)27(2,3)4)29-26(31-23)36-21-9-7-20(8-10-21)28-25(35)19-5-6-19/h7-10,15-16,18-19H,5-6,11-14H2,1-4H3,(H,28,35)(H2,29,30,31,32,33). The van der Waals surface area contributed by atoms with Crippen molar-refractivity contribution < 1.29 is 4.79 Å². The third-order valence-corrected chi connectivity index (χ3v) is 7.70. The van der Waals surface area contributed by atoms with Crippen molar-refractivity contribution in [3.8, 4) is 0 Å². The lowest BCUT2D eigenvalue weighted by Gasteiger charge is -2.40. The van der Waals surface area contributed by atoms with Crippen molar-refractivity contribution in [2.75, 3.05) is 23.7 Å². The number of likely N-dealkylation sites (tertiary alicyclic amines) is 1. The zero-order valence-corrected chi connectivity index (χ0v) is 22.3. The lowest BCUT2D eigenvalue weighted by Crippen LogP contribution is -2.45. The molecule has 36 heavy (non-hydrogen) atoms. The fourth-order valence-electron chi connectivity index (χ4n) is 4.52. The monoisotopic (exact) mass is 505 g/mol. The van der Waals surface area contributed by atoms with Gasteiger partial charge in [0.05, 0.1) is 5.69 Å². The molecule has 0 radical (unpaired) electrons. The number of amides is 1. The smallest absolute Gasteiger partial charge is 0.227 e. The van der Waals surface area contributed by atoms with Crippen molar-refractivity contribution >= 4 is 35.0 Å². The van der Waals surface area contributed by atoms with E-state index in [2.05, 4.69) is 52.6 Å². The first-order valence-electron chi connectivity index (χ1n) is 12.7. The number of rotatable bonds is 7. The van der Waals surface area contributed by atoms with E-state index in [0.29, 0.717) is 11.1 Å². The van der Waals surface area contributed by atoms with Crippen LogP contribution in [0.5, 0.6) is 0 Å². The molecular formula is C27H35N7OS. The minimum absolute atomic E-state index is 0.119. The molecule has 1 saturated carbocycles. The summed E-state index contributed by atoms with van der Waals surface area (Å²) in [7, 11) is 0. The number of aromatic nitrogens is 4. The summed E-state index contributed by atoms with van der Waals surface area (Å²) in [5.41, 5.74) is 3.08. The van der Waals surface area contributed by atoms with Gasteiger partial charge in [-0.2, -0.15) is 5.10 Å². The summed E-state index contributed by atoms with van der Waals surface area (Å²) >= 11 is 1.53. The zero-order chi connectivity index (χ0) is 25.3. The van der Waals surface area contributed by atoms with E-state index >= 15 is 0 Å². The van der Waals surface area contributed by atoms with Gasteiger partial charge in [-0.3, -0.25) is 14.8 Å². The number of nitrogens with zero attached hydrogens (tertiary/aromatic N) is 4. The van der Waals surface area contributed by atoms with Crippen LogP contribution in [0.15, 0.2) is 46.5 Å². The van der Waals surface area contributed by atoms with Crippen LogP contribution in [0, 0.1) is 12.8 Å². The van der Waals surface area contributed by atoms with Crippen LogP contribution in [-0.2, 0) is 4.79 Å². The number of hydrogen-bond donors (Lipinski definition) is 3. The minimum Gasteiger partial charge on any atom is -0.326 e. The third-order valence-electron chi connectivity index (χ3n) is 6.83. The molecule has 2 aliphatic rings. The molecule has 1 aliphatic carbocycles. The average molecular weight is 506 g/mol. The van der Waals surface area contributed by atoms with E-state index in [-0.39, 0.29) is 17.4 Å². The Balaban J connectivity index is 1.34. The van der Waals surface area contributed by atoms with Crippen LogP contribution in [0.25, 0.3) is 0 Å². The number of benzene rings is 1. The summed E-state index contributed by atoms with van der Waals surface area (Å²) in [5.74, 6) is 2.20. The van der Waals surface area contributed by atoms with Gasteiger partial charge < -0.3 is 10.6 Å². The Morgan fingerprint density at radius 2 is 1.75 bits per heavy atom. The lowest BCUT2D eigenvalue weighted by atomic mass is 9.90. The predicted octanol–water partition coefficient (Wildman–Crippen LogP) is 5.73. The van der Waals surface area contributed by atoms with Gasteiger partial charge >= 0.3 is 0 Å². The number of anilines is 3. The highest BCUT2D eigenvalue weighted by atomic mass is 32.2. The van der Waals surface area contributed by atoms with Crippen LogP contribution in [0.2, 0.25) is 0 Å². The number of piperidine rings is 1. The topological polar surface area (TPSA) is 98.8 Å². The van der Waals surface area contributed by atoms with Crippen molar-refractivity contribution in [3.05, 3.63) is 47.8 Å². The van der Waals surface area contributed by atoms with Crippen LogP contribution in [0.4, 0.5) is 17.3 Å². The van der Waals surface area contributed by atoms with Crippen molar-refractivity contribution in [1.29, 1.82) is 0 Å². The SMILES string of the molecule is Cc1cc(Nc2cc(C3CCN(C(C)(C)C)CC3)nc(Sc3ccc(NC(=O)C4CC4)cc3)n2)n[nH]1. The summed E-state index contributed by atoms with van der Waals surface area (Å²) in [4.78, 5) is 25.4. The molecule has 2 fully saturated rings. The van der Waals surface area contributed by atoms with Gasteiger partial charge in [0.25, 0.3) is 0 Å². The van der Waals surface area contributed by atoms with Gasteiger partial charge in [0.15, 0.2) is 11.0 Å². The highest BCUT2D eigenvalue weighted by Crippen LogP contribution is 2.34. The fourth-order valence-corrected chi connectivity index (χ4v) is 5.30. The number of H-pyrrole nitrogens is 1. The fraction of sp³-hybridized carbons (Fsp3) is 0.481. The Morgan fingerprint density at radius 3 is 2.36 bits per heavy atom. The zero-order valence-electron chi connectivity index (χ0n) is 21.5. The molecular weight excluding hydrogens is 470 g/mol. The molecule has 190 valence electrons. The number of aryl methyl sites for hydroxylation is 1. The van der Waals surface area contributed by atoms with E-state index < -0.39 is 0 Å². The van der Waals surface area contributed by atoms with Gasteiger partial charge in [-0.15, -0.1) is 0 Å². The van der Waals surface area contributed by atoms with Crippen LogP contribution < -0.4 is 10.6 Å². The molecule has 1 amide bonds. The number of carbonyl (C=O) groups is 1. The van der Waals surface area contributed by atoms with E-state index in [0.717, 1.165) is 72.4 Å². The van der Waals surface area contributed by atoms with Crippen molar-refractivity contribution in [2.45, 2.75) is 74.9 Å². The van der Waals surface area contributed by atoms with Gasteiger partial charge in [-0.25, -0.2) is 9.97 Å².